The van der Waals surface area contributed by atoms with Crippen LogP contribution in [0.5, 0.6) is 0 Å². The normalized spacial score (nSPS) is 19.0. The molecule has 3 heteroatoms. The van der Waals surface area contributed by atoms with Crippen molar-refractivity contribution in [3.63, 3.8) is 0 Å². The molecule has 0 unspecified atom stereocenters. The second-order valence-electron chi connectivity index (χ2n) is 6.47. The van der Waals surface area contributed by atoms with E-state index in [2.05, 4.69) is 47.5 Å². The van der Waals surface area contributed by atoms with E-state index >= 15 is 0 Å². The topological polar surface area (TPSA) is 32.3 Å². The molecule has 0 aromatic heterocycles. The molecule has 1 N–H and O–H groups in total. The lowest BCUT2D eigenvalue weighted by atomic mass is 9.88. The zero-order chi connectivity index (χ0) is 14.6. The Hall–Kier alpha value is -1.35. The van der Waals surface area contributed by atoms with E-state index < -0.39 is 0 Å². The second kappa shape index (κ2) is 6.40. The van der Waals surface area contributed by atoms with Crippen LogP contribution in [-0.4, -0.2) is 29.4 Å². The molecule has 0 bridgehead atoms. The third-order valence-corrected chi connectivity index (χ3v) is 4.16. The molecule has 1 heterocycles. The van der Waals surface area contributed by atoms with Gasteiger partial charge in [0.15, 0.2) is 0 Å². The Bertz CT molecular complexity index is 434. The standard InChI is InChI=1S/C17H26N2O/c1-14(2)16(20)18-17(3)9-11-19(12-10-17)13-15-7-5-4-6-8-15/h4-8,14H,9-13H2,1-3H3,(H,18,20). The number of nitrogens with zero attached hydrogens (tertiary/aromatic N) is 1. The van der Waals surface area contributed by atoms with E-state index in [1.165, 1.54) is 5.56 Å². The van der Waals surface area contributed by atoms with Gasteiger partial charge in [-0.2, -0.15) is 0 Å². The summed E-state index contributed by atoms with van der Waals surface area (Å²) >= 11 is 0. The summed E-state index contributed by atoms with van der Waals surface area (Å²) in [6.07, 6.45) is 2.05. The molecule has 3 nitrogen and oxygen atoms in total. The van der Waals surface area contributed by atoms with Gasteiger partial charge in [-0.1, -0.05) is 44.2 Å². The summed E-state index contributed by atoms with van der Waals surface area (Å²) in [6, 6.07) is 10.6. The molecular weight excluding hydrogens is 248 g/mol. The van der Waals surface area contributed by atoms with Crippen molar-refractivity contribution in [2.24, 2.45) is 5.92 Å². The smallest absolute Gasteiger partial charge is 0.222 e. The van der Waals surface area contributed by atoms with Crippen molar-refractivity contribution >= 4 is 5.91 Å². The summed E-state index contributed by atoms with van der Waals surface area (Å²) in [7, 11) is 0. The fourth-order valence-corrected chi connectivity index (χ4v) is 2.61. The molecule has 110 valence electrons. The molecule has 20 heavy (non-hydrogen) atoms. The molecule has 2 rings (SSSR count). The van der Waals surface area contributed by atoms with Crippen LogP contribution in [-0.2, 0) is 11.3 Å². The maximum atomic E-state index is 11.9. The zero-order valence-corrected chi connectivity index (χ0v) is 12.9. The van der Waals surface area contributed by atoms with Crippen LogP contribution < -0.4 is 5.32 Å². The molecule has 1 amide bonds. The highest BCUT2D eigenvalue weighted by atomic mass is 16.2. The van der Waals surface area contributed by atoms with E-state index in [-0.39, 0.29) is 17.4 Å². The Balaban J connectivity index is 1.84. The first kappa shape index (κ1) is 15.0. The van der Waals surface area contributed by atoms with Gasteiger partial charge in [-0.3, -0.25) is 9.69 Å². The van der Waals surface area contributed by atoms with Crippen LogP contribution in [0.2, 0.25) is 0 Å². The molecule has 1 fully saturated rings. The lowest BCUT2D eigenvalue weighted by Gasteiger charge is -2.40. The largest absolute Gasteiger partial charge is 0.351 e. The number of benzene rings is 1. The number of carbonyl (C=O) groups is 1. The third-order valence-electron chi connectivity index (χ3n) is 4.16. The van der Waals surface area contributed by atoms with Gasteiger partial charge in [-0.15, -0.1) is 0 Å². The van der Waals surface area contributed by atoms with Gasteiger partial charge in [0.05, 0.1) is 0 Å². The number of carbonyl (C=O) groups excluding carboxylic acids is 1. The number of nitrogens with one attached hydrogen (secondary N) is 1. The van der Waals surface area contributed by atoms with Crippen LogP contribution in [0.1, 0.15) is 39.2 Å². The maximum absolute atomic E-state index is 11.9. The Morgan fingerprint density at radius 1 is 1.25 bits per heavy atom. The van der Waals surface area contributed by atoms with E-state index in [4.69, 9.17) is 0 Å². The summed E-state index contributed by atoms with van der Waals surface area (Å²) < 4.78 is 0. The average molecular weight is 274 g/mol. The van der Waals surface area contributed by atoms with E-state index in [1.54, 1.807) is 0 Å². The van der Waals surface area contributed by atoms with Gasteiger partial charge in [-0.25, -0.2) is 0 Å². The lowest BCUT2D eigenvalue weighted by Crippen LogP contribution is -2.54. The van der Waals surface area contributed by atoms with Crippen LogP contribution >= 0.6 is 0 Å². The Morgan fingerprint density at radius 3 is 2.40 bits per heavy atom. The molecule has 0 spiro atoms. The number of hydrogen-bond acceptors (Lipinski definition) is 2. The lowest BCUT2D eigenvalue weighted by molar-refractivity contribution is -0.126. The van der Waals surface area contributed by atoms with Crippen LogP contribution in [0, 0.1) is 5.92 Å². The minimum Gasteiger partial charge on any atom is -0.351 e. The monoisotopic (exact) mass is 274 g/mol. The summed E-state index contributed by atoms with van der Waals surface area (Å²) in [6.45, 7) is 9.17. The summed E-state index contributed by atoms with van der Waals surface area (Å²) in [4.78, 5) is 14.3. The highest BCUT2D eigenvalue weighted by Crippen LogP contribution is 2.23. The van der Waals surface area contributed by atoms with E-state index in [0.717, 1.165) is 32.5 Å². The number of hydrogen-bond donors (Lipinski definition) is 1. The van der Waals surface area contributed by atoms with Gasteiger partial charge in [0.25, 0.3) is 0 Å². The van der Waals surface area contributed by atoms with Crippen molar-refractivity contribution in [1.29, 1.82) is 0 Å². The molecule has 1 aliphatic rings. The first-order valence-corrected chi connectivity index (χ1v) is 7.57. The van der Waals surface area contributed by atoms with Crippen molar-refractivity contribution in [2.45, 2.75) is 45.7 Å². The fraction of sp³-hybridized carbons (Fsp3) is 0.588. The quantitative estimate of drug-likeness (QED) is 0.915. The van der Waals surface area contributed by atoms with Gasteiger partial charge in [0.2, 0.25) is 5.91 Å². The molecule has 1 aromatic carbocycles. The average Bonchev–Trinajstić information content (AvgIpc) is 2.42. The molecule has 1 saturated heterocycles. The first-order valence-electron chi connectivity index (χ1n) is 7.57. The molecule has 1 aliphatic heterocycles. The highest BCUT2D eigenvalue weighted by molar-refractivity contribution is 5.78. The third kappa shape index (κ3) is 4.07. The number of rotatable bonds is 4. The fourth-order valence-electron chi connectivity index (χ4n) is 2.61. The van der Waals surface area contributed by atoms with Crippen molar-refractivity contribution < 1.29 is 4.79 Å². The molecule has 1 aromatic rings. The maximum Gasteiger partial charge on any atom is 0.222 e. The van der Waals surface area contributed by atoms with Crippen molar-refractivity contribution in [1.82, 2.24) is 10.2 Å². The minimum atomic E-state index is -0.0332. The van der Waals surface area contributed by atoms with Crippen molar-refractivity contribution in [2.75, 3.05) is 13.1 Å². The van der Waals surface area contributed by atoms with E-state index in [0.29, 0.717) is 0 Å². The Labute approximate surface area is 122 Å². The van der Waals surface area contributed by atoms with Crippen LogP contribution in [0.4, 0.5) is 0 Å². The molecule has 0 aliphatic carbocycles. The van der Waals surface area contributed by atoms with Crippen LogP contribution in [0.3, 0.4) is 0 Å². The summed E-state index contributed by atoms with van der Waals surface area (Å²) in [5, 5.41) is 3.21. The summed E-state index contributed by atoms with van der Waals surface area (Å²) in [5.41, 5.74) is 1.33. The van der Waals surface area contributed by atoms with E-state index in [1.807, 2.05) is 13.8 Å². The van der Waals surface area contributed by atoms with Gasteiger partial charge < -0.3 is 5.32 Å². The van der Waals surface area contributed by atoms with Gasteiger partial charge in [0.1, 0.15) is 0 Å². The van der Waals surface area contributed by atoms with Crippen LogP contribution in [0.15, 0.2) is 30.3 Å². The zero-order valence-electron chi connectivity index (χ0n) is 12.9. The number of likely N-dealkylation sites (tertiary alicyclic amines) is 1. The van der Waals surface area contributed by atoms with Crippen molar-refractivity contribution in [3.8, 4) is 0 Å². The number of piperidine rings is 1. The summed E-state index contributed by atoms with van der Waals surface area (Å²) in [5.74, 6) is 0.234. The van der Waals surface area contributed by atoms with Crippen LogP contribution in [0.25, 0.3) is 0 Å². The minimum absolute atomic E-state index is 0.0332. The first-order chi connectivity index (χ1) is 9.48. The molecular formula is C17H26N2O. The number of amides is 1. The molecule has 0 radical (unpaired) electrons. The predicted molar refractivity (Wildman–Crippen MR) is 82.3 cm³/mol. The Kier molecular flexibility index (Phi) is 4.81. The van der Waals surface area contributed by atoms with Gasteiger partial charge in [-0.05, 0) is 25.3 Å². The van der Waals surface area contributed by atoms with E-state index in [9.17, 15) is 4.79 Å². The molecule has 0 saturated carbocycles. The predicted octanol–water partition coefficient (Wildman–Crippen LogP) is 2.81. The highest BCUT2D eigenvalue weighted by Gasteiger charge is 2.31. The van der Waals surface area contributed by atoms with Crippen molar-refractivity contribution in [3.05, 3.63) is 35.9 Å². The van der Waals surface area contributed by atoms with Gasteiger partial charge >= 0.3 is 0 Å². The SMILES string of the molecule is CC(C)C(=O)NC1(C)CCN(Cc2ccccc2)CC1. The van der Waals surface area contributed by atoms with Gasteiger partial charge in [0, 0.05) is 31.1 Å². The second-order valence-corrected chi connectivity index (χ2v) is 6.47. The molecule has 0 atom stereocenters. The Morgan fingerprint density at radius 2 is 1.85 bits per heavy atom.